The van der Waals surface area contributed by atoms with Gasteiger partial charge in [-0.1, -0.05) is 161 Å². The minimum Gasteiger partial charge on any atom is -0.508 e. The van der Waals surface area contributed by atoms with Crippen molar-refractivity contribution in [2.24, 2.45) is 0 Å². The summed E-state index contributed by atoms with van der Waals surface area (Å²) in [5.74, 6) is 5.50. The Hall–Kier alpha value is -4.58. The van der Waals surface area contributed by atoms with Crippen molar-refractivity contribution in [3.63, 3.8) is 0 Å². The number of ether oxygens (including phenoxy) is 1. The van der Waals surface area contributed by atoms with Gasteiger partial charge in [-0.25, -0.2) is 0 Å². The van der Waals surface area contributed by atoms with Gasteiger partial charge in [0.2, 0.25) is 0 Å². The number of phenolic OH excluding ortho intramolecular Hbond substituents is 1. The standard InChI is InChI=1S/C28H21BrCl3NO2.C15H12BrClO.C13H13NO2/c29-17-8-6-15(7-9-17)20-13-21(20)19-11-10-18(12-25(19)32)34-14-22-27(33-35-28(22)16-4-5-16)26-23(30)2-1-3-24(26)31;16-10-3-1-9(2-4-10)13-8-14(13)12-6-5-11(18)7-15(12)17;15-8-11-12(9-4-2-1-3-5-9)14-16-13(11)10-6-7-10/h1-3,6-12,16,20-21H,4-5,13-14H2;1-7,13-14,18H,8H2;1-5,10,15H,6-8H2. The van der Waals surface area contributed by atoms with Crippen LogP contribution in [0.1, 0.15) is 119 Å². The Morgan fingerprint density at radius 1 is 0.551 bits per heavy atom. The zero-order valence-electron chi connectivity index (χ0n) is 37.1. The van der Waals surface area contributed by atoms with E-state index in [1.54, 1.807) is 24.3 Å². The molecule has 4 unspecified atom stereocenters. The van der Waals surface area contributed by atoms with Crippen LogP contribution in [0.5, 0.6) is 11.5 Å². The van der Waals surface area contributed by atoms with Crippen LogP contribution in [0.25, 0.3) is 22.5 Å². The lowest BCUT2D eigenvalue weighted by atomic mass is 10.0. The van der Waals surface area contributed by atoms with Gasteiger partial charge in [-0.15, -0.1) is 0 Å². The van der Waals surface area contributed by atoms with E-state index in [0.717, 1.165) is 92.0 Å². The topological polar surface area (TPSA) is 102 Å². The van der Waals surface area contributed by atoms with Crippen molar-refractivity contribution < 1.29 is 24.0 Å². The molecule has 6 aromatic carbocycles. The van der Waals surface area contributed by atoms with Crippen molar-refractivity contribution in [1.29, 1.82) is 0 Å². The average Bonchev–Trinajstić information content (AvgIpc) is 4.14. The molecule has 0 aliphatic heterocycles. The van der Waals surface area contributed by atoms with Crippen molar-refractivity contribution in [1.82, 2.24) is 10.3 Å². The number of nitrogens with zero attached hydrogens (tertiary/aromatic N) is 2. The maximum absolute atomic E-state index is 9.43. The summed E-state index contributed by atoms with van der Waals surface area (Å²) in [6.45, 7) is 0.298. The van der Waals surface area contributed by atoms with E-state index in [1.807, 2.05) is 54.6 Å². The maximum atomic E-state index is 9.43. The number of aromatic nitrogens is 2. The molecule has 4 atom stereocenters. The third kappa shape index (κ3) is 11.2. The molecule has 2 heterocycles. The molecule has 0 bridgehead atoms. The summed E-state index contributed by atoms with van der Waals surface area (Å²) < 4.78 is 19.5. The third-order valence-electron chi connectivity index (χ3n) is 13.3. The Kier molecular flexibility index (Phi) is 14.6. The van der Waals surface area contributed by atoms with Gasteiger partial charge >= 0.3 is 0 Å². The van der Waals surface area contributed by atoms with E-state index in [0.29, 0.717) is 74.2 Å². The molecule has 8 aromatic rings. The van der Waals surface area contributed by atoms with Crippen LogP contribution < -0.4 is 4.74 Å². The minimum atomic E-state index is -0.000436. The molecular weight excluding hydrogens is 1080 g/mol. The van der Waals surface area contributed by atoms with E-state index in [1.165, 1.54) is 16.7 Å². The Balaban J connectivity index is 0.000000135. The van der Waals surface area contributed by atoms with Crippen LogP contribution in [0.4, 0.5) is 0 Å². The first-order valence-electron chi connectivity index (χ1n) is 23.0. The van der Waals surface area contributed by atoms with Crippen LogP contribution in [0.2, 0.25) is 20.1 Å². The molecule has 12 rings (SSSR count). The molecule has 69 heavy (non-hydrogen) atoms. The quantitative estimate of drug-likeness (QED) is 0.126. The minimum absolute atomic E-state index is 0.000436. The van der Waals surface area contributed by atoms with E-state index in [9.17, 15) is 10.2 Å². The number of aliphatic hydroxyl groups excluding tert-OH is 1. The van der Waals surface area contributed by atoms with Crippen LogP contribution in [-0.4, -0.2) is 20.5 Å². The third-order valence-corrected chi connectivity index (χ3v) is 15.6. The summed E-state index contributed by atoms with van der Waals surface area (Å²) in [6, 6.07) is 43.5. The summed E-state index contributed by atoms with van der Waals surface area (Å²) in [7, 11) is 0. The molecule has 2 aromatic heterocycles. The number of benzene rings is 6. The Morgan fingerprint density at radius 2 is 1.07 bits per heavy atom. The number of rotatable bonds is 12. The fourth-order valence-electron chi connectivity index (χ4n) is 9.12. The first-order valence-corrected chi connectivity index (χ1v) is 26.1. The molecule has 4 aliphatic rings. The van der Waals surface area contributed by atoms with Gasteiger partial charge in [0.25, 0.3) is 0 Å². The van der Waals surface area contributed by atoms with Crippen molar-refractivity contribution in [3.05, 3.63) is 207 Å². The molecule has 0 radical (unpaired) electrons. The SMILES string of the molecule is Clc1cc(OCc2c(-c3c(Cl)cccc3Cl)noc2C2CC2)ccc1C1CC1c1ccc(Br)cc1.OCc1c(-c2ccccc2)noc1C1CC1.Oc1ccc(C2CC2c2ccc(Br)cc2)c(Cl)c1. The summed E-state index contributed by atoms with van der Waals surface area (Å²) >= 11 is 32.8. The lowest BCUT2D eigenvalue weighted by Crippen LogP contribution is -2.00. The lowest BCUT2D eigenvalue weighted by molar-refractivity contribution is 0.277. The summed E-state index contributed by atoms with van der Waals surface area (Å²) in [5.41, 5.74) is 9.85. The average molecular weight is 1130 g/mol. The van der Waals surface area contributed by atoms with Crippen LogP contribution in [0.3, 0.4) is 0 Å². The number of halogens is 6. The summed E-state index contributed by atoms with van der Waals surface area (Å²) in [4.78, 5) is 0. The highest BCUT2D eigenvalue weighted by Crippen LogP contribution is 2.58. The zero-order valence-corrected chi connectivity index (χ0v) is 43.3. The lowest BCUT2D eigenvalue weighted by Gasteiger charge is -2.11. The van der Waals surface area contributed by atoms with Crippen molar-refractivity contribution in [3.8, 4) is 34.0 Å². The molecule has 352 valence electrons. The molecule has 0 saturated heterocycles. The van der Waals surface area contributed by atoms with E-state index in [4.69, 9.17) is 60.2 Å². The Morgan fingerprint density at radius 3 is 1.59 bits per heavy atom. The molecule has 4 fully saturated rings. The second-order valence-corrected chi connectivity index (χ2v) is 21.6. The molecule has 4 saturated carbocycles. The highest BCUT2D eigenvalue weighted by atomic mass is 79.9. The molecule has 4 aliphatic carbocycles. The first kappa shape index (κ1) is 48.1. The van der Waals surface area contributed by atoms with Gasteiger partial charge in [-0.3, -0.25) is 0 Å². The predicted octanol–water partition coefficient (Wildman–Crippen LogP) is 17.6. The molecule has 0 spiro atoms. The number of aromatic hydroxyl groups is 1. The predicted molar refractivity (Wildman–Crippen MR) is 281 cm³/mol. The fraction of sp³-hybridized carbons (Fsp3) is 0.250. The van der Waals surface area contributed by atoms with Crippen molar-refractivity contribution >= 4 is 78.3 Å². The molecule has 13 heteroatoms. The second kappa shape index (κ2) is 21.0. The molecular formula is C56H46Br2Cl4N2O5. The normalized spacial score (nSPS) is 18.9. The number of phenols is 1. The van der Waals surface area contributed by atoms with Gasteiger partial charge < -0.3 is 24.0 Å². The van der Waals surface area contributed by atoms with Gasteiger partial charge in [-0.2, -0.15) is 0 Å². The number of hydrogen-bond donors (Lipinski definition) is 2. The van der Waals surface area contributed by atoms with Crippen LogP contribution >= 0.6 is 78.3 Å². The van der Waals surface area contributed by atoms with Crippen molar-refractivity contribution in [2.75, 3.05) is 0 Å². The van der Waals surface area contributed by atoms with E-state index in [-0.39, 0.29) is 12.4 Å². The smallest absolute Gasteiger partial charge is 0.147 e. The second-order valence-electron chi connectivity index (χ2n) is 18.1. The molecule has 0 amide bonds. The van der Waals surface area contributed by atoms with Gasteiger partial charge in [-0.05, 0) is 145 Å². The van der Waals surface area contributed by atoms with Gasteiger partial charge in [0.05, 0.1) is 22.2 Å². The molecule has 2 N–H and O–H groups in total. The van der Waals surface area contributed by atoms with E-state index in [2.05, 4.69) is 96.8 Å². The maximum Gasteiger partial charge on any atom is 0.147 e. The largest absolute Gasteiger partial charge is 0.508 e. The first-order chi connectivity index (χ1) is 33.5. The van der Waals surface area contributed by atoms with Crippen molar-refractivity contribution in [2.45, 2.75) is 87.2 Å². The summed E-state index contributed by atoms with van der Waals surface area (Å²) in [5, 5.41) is 29.7. The highest BCUT2D eigenvalue weighted by molar-refractivity contribution is 9.10. The van der Waals surface area contributed by atoms with Gasteiger partial charge in [0.1, 0.15) is 41.0 Å². The van der Waals surface area contributed by atoms with Crippen LogP contribution in [-0.2, 0) is 13.2 Å². The van der Waals surface area contributed by atoms with Gasteiger partial charge in [0, 0.05) is 47.5 Å². The Bertz CT molecular complexity index is 3060. The fourth-order valence-corrected chi connectivity index (χ4v) is 10.8. The highest BCUT2D eigenvalue weighted by Gasteiger charge is 2.42. The molecule has 7 nitrogen and oxygen atoms in total. The van der Waals surface area contributed by atoms with E-state index >= 15 is 0 Å². The number of hydrogen-bond acceptors (Lipinski definition) is 7. The summed E-state index contributed by atoms with van der Waals surface area (Å²) in [6.07, 6.45) is 6.70. The van der Waals surface area contributed by atoms with Gasteiger partial charge in [0.15, 0.2) is 0 Å². The van der Waals surface area contributed by atoms with E-state index < -0.39 is 0 Å². The van der Waals surface area contributed by atoms with Crippen LogP contribution in [0, 0.1) is 0 Å². The zero-order chi connectivity index (χ0) is 47.8. The monoisotopic (exact) mass is 1120 g/mol. The Labute approximate surface area is 438 Å². The number of aliphatic hydroxyl groups is 1. The van der Waals surface area contributed by atoms with Crippen LogP contribution in [0.15, 0.2) is 151 Å².